The summed E-state index contributed by atoms with van der Waals surface area (Å²) in [7, 11) is 1.84. The molecular weight excluding hydrogens is 408 g/mol. The van der Waals surface area contributed by atoms with E-state index < -0.39 is 0 Å². The lowest BCUT2D eigenvalue weighted by Gasteiger charge is -2.21. The normalized spacial score (nSPS) is 16.7. The first-order valence-electron chi connectivity index (χ1n) is 11.4. The number of hydrogen-bond donors (Lipinski definition) is 2. The van der Waals surface area contributed by atoms with E-state index in [-0.39, 0.29) is 17.9 Å². The van der Waals surface area contributed by atoms with Crippen molar-refractivity contribution in [2.24, 2.45) is 5.10 Å². The van der Waals surface area contributed by atoms with Crippen molar-refractivity contribution < 1.29 is 4.79 Å². The molecule has 166 valence electrons. The Bertz CT molecular complexity index is 1290. The molecule has 1 unspecified atom stereocenters. The van der Waals surface area contributed by atoms with Gasteiger partial charge in [0.25, 0.3) is 5.91 Å². The van der Waals surface area contributed by atoms with Gasteiger partial charge in [-0.05, 0) is 43.1 Å². The number of fused-ring (bicyclic) bond motifs is 1. The number of para-hydroxylation sites is 1. The number of rotatable bonds is 6. The number of benzene rings is 3. The second-order valence-corrected chi connectivity index (χ2v) is 8.64. The van der Waals surface area contributed by atoms with Crippen LogP contribution in [-0.2, 0) is 11.2 Å². The summed E-state index contributed by atoms with van der Waals surface area (Å²) in [4.78, 5) is 16.9. The number of aromatic nitrogens is 1. The van der Waals surface area contributed by atoms with Crippen LogP contribution in [0, 0.1) is 6.92 Å². The number of aryl methyl sites for hydroxylation is 1. The van der Waals surface area contributed by atoms with Crippen LogP contribution in [0.15, 0.2) is 90.2 Å². The molecule has 1 aliphatic rings. The van der Waals surface area contributed by atoms with Crippen molar-refractivity contribution in [3.8, 4) is 0 Å². The third-order valence-corrected chi connectivity index (χ3v) is 6.46. The average molecular weight is 437 g/mol. The van der Waals surface area contributed by atoms with Gasteiger partial charge in [0.2, 0.25) is 0 Å². The smallest absolute Gasteiger partial charge is 0.260 e. The van der Waals surface area contributed by atoms with Crippen LogP contribution >= 0.6 is 0 Å². The number of likely N-dealkylation sites (N-methyl/N-ethyl adjacent to an activating group) is 1. The van der Waals surface area contributed by atoms with Gasteiger partial charge in [-0.1, -0.05) is 78.4 Å². The topological polar surface area (TPSA) is 60.5 Å². The van der Waals surface area contributed by atoms with E-state index in [0.717, 1.165) is 27.7 Å². The van der Waals surface area contributed by atoms with Crippen LogP contribution in [-0.4, -0.2) is 41.2 Å². The van der Waals surface area contributed by atoms with Crippen molar-refractivity contribution in [1.29, 1.82) is 0 Å². The van der Waals surface area contributed by atoms with Gasteiger partial charge in [-0.3, -0.25) is 4.79 Å². The van der Waals surface area contributed by atoms with Gasteiger partial charge in [0.1, 0.15) is 0 Å². The van der Waals surface area contributed by atoms with Crippen LogP contribution in [0.1, 0.15) is 28.2 Å². The maximum Gasteiger partial charge on any atom is 0.260 e. The van der Waals surface area contributed by atoms with E-state index in [1.165, 1.54) is 11.1 Å². The Labute approximate surface area is 194 Å². The van der Waals surface area contributed by atoms with Gasteiger partial charge in [-0.2, -0.15) is 5.10 Å². The van der Waals surface area contributed by atoms with Gasteiger partial charge in [0.15, 0.2) is 0 Å². The summed E-state index contributed by atoms with van der Waals surface area (Å²) in [5.41, 5.74) is 6.58. The predicted octanol–water partition coefficient (Wildman–Crippen LogP) is 4.64. The molecule has 0 saturated carbocycles. The molecule has 5 nitrogen and oxygen atoms in total. The lowest BCUT2D eigenvalue weighted by molar-refractivity contribution is -0.132. The maximum atomic E-state index is 13.6. The lowest BCUT2D eigenvalue weighted by atomic mass is 9.90. The Morgan fingerprint density at radius 1 is 1.06 bits per heavy atom. The Hall–Kier alpha value is -3.70. The summed E-state index contributed by atoms with van der Waals surface area (Å²) in [5, 5.41) is 10.9. The second kappa shape index (κ2) is 9.04. The van der Waals surface area contributed by atoms with E-state index in [1.54, 1.807) is 5.01 Å². The fourth-order valence-corrected chi connectivity index (χ4v) is 4.58. The minimum atomic E-state index is -0.359. The fraction of sp³-hybridized carbons (Fsp3) is 0.214. The highest BCUT2D eigenvalue weighted by molar-refractivity contribution is 6.07. The molecule has 0 spiro atoms. The molecule has 1 amide bonds. The Morgan fingerprint density at radius 3 is 2.55 bits per heavy atom. The SMILES string of the molecule is CN[C@@H](Cc1c[nH]c2ccccc12)C(=O)N1CC(c2ccccc2)C(c2ccc(C)cc2)=N1. The Kier molecular flexibility index (Phi) is 5.80. The van der Waals surface area contributed by atoms with E-state index in [4.69, 9.17) is 5.10 Å². The van der Waals surface area contributed by atoms with Crippen molar-refractivity contribution in [2.45, 2.75) is 25.3 Å². The van der Waals surface area contributed by atoms with Crippen molar-refractivity contribution in [3.63, 3.8) is 0 Å². The van der Waals surface area contributed by atoms with E-state index >= 15 is 0 Å². The molecule has 1 aliphatic heterocycles. The van der Waals surface area contributed by atoms with Gasteiger partial charge in [-0.15, -0.1) is 0 Å². The van der Waals surface area contributed by atoms with E-state index in [0.29, 0.717) is 13.0 Å². The molecule has 0 bridgehead atoms. The first-order valence-corrected chi connectivity index (χ1v) is 11.4. The molecule has 5 heteroatoms. The van der Waals surface area contributed by atoms with Gasteiger partial charge in [0, 0.05) is 23.0 Å². The van der Waals surface area contributed by atoms with Gasteiger partial charge < -0.3 is 10.3 Å². The number of nitrogens with zero attached hydrogens (tertiary/aromatic N) is 2. The van der Waals surface area contributed by atoms with Crippen molar-refractivity contribution in [1.82, 2.24) is 15.3 Å². The molecule has 0 saturated heterocycles. The number of nitrogens with one attached hydrogen (secondary N) is 2. The standard InChI is InChI=1S/C28H28N4O/c1-19-12-14-21(15-13-19)27-24(20-8-4-3-5-9-20)18-32(31-27)28(33)26(29-2)16-22-17-30-25-11-7-6-10-23(22)25/h3-15,17,24,26,29-30H,16,18H2,1-2H3/t24?,26-/m0/s1. The van der Waals surface area contributed by atoms with Gasteiger partial charge in [0.05, 0.1) is 18.3 Å². The molecule has 5 rings (SSSR count). The summed E-state index contributed by atoms with van der Waals surface area (Å²) < 4.78 is 0. The first-order chi connectivity index (χ1) is 16.1. The summed E-state index contributed by atoms with van der Waals surface area (Å²) in [6.45, 7) is 2.62. The third kappa shape index (κ3) is 4.20. The first kappa shape index (κ1) is 21.2. The van der Waals surface area contributed by atoms with Crippen LogP contribution in [0.25, 0.3) is 10.9 Å². The zero-order valence-corrected chi connectivity index (χ0v) is 19.0. The second-order valence-electron chi connectivity index (χ2n) is 8.64. The molecule has 0 fully saturated rings. The Balaban J connectivity index is 1.44. The maximum absolute atomic E-state index is 13.6. The minimum Gasteiger partial charge on any atom is -0.361 e. The number of carbonyl (C=O) groups excluding carboxylic acids is 1. The van der Waals surface area contributed by atoms with E-state index in [9.17, 15) is 4.79 Å². The highest BCUT2D eigenvalue weighted by atomic mass is 16.2. The molecule has 0 radical (unpaired) electrons. The monoisotopic (exact) mass is 436 g/mol. The number of H-pyrrole nitrogens is 1. The van der Waals surface area contributed by atoms with Crippen LogP contribution < -0.4 is 5.32 Å². The van der Waals surface area contributed by atoms with Crippen molar-refractivity contribution in [3.05, 3.63) is 107 Å². The molecule has 2 heterocycles. The zero-order chi connectivity index (χ0) is 22.8. The van der Waals surface area contributed by atoms with Crippen LogP contribution in [0.2, 0.25) is 0 Å². The molecule has 2 atom stereocenters. The molecule has 0 aliphatic carbocycles. The summed E-state index contributed by atoms with van der Waals surface area (Å²) in [6.07, 6.45) is 2.60. The van der Waals surface area contributed by atoms with Crippen LogP contribution in [0.4, 0.5) is 0 Å². The molecule has 33 heavy (non-hydrogen) atoms. The number of hydrogen-bond acceptors (Lipinski definition) is 3. The van der Waals surface area contributed by atoms with E-state index in [2.05, 4.69) is 65.8 Å². The minimum absolute atomic E-state index is 0.00850. The Morgan fingerprint density at radius 2 is 1.79 bits per heavy atom. The van der Waals surface area contributed by atoms with Crippen LogP contribution in [0.3, 0.4) is 0 Å². The summed E-state index contributed by atoms with van der Waals surface area (Å²) in [6, 6.07) is 26.5. The van der Waals surface area contributed by atoms with Gasteiger partial charge >= 0.3 is 0 Å². The summed E-state index contributed by atoms with van der Waals surface area (Å²) in [5.74, 6) is 0.0364. The molecule has 1 aromatic heterocycles. The number of amides is 1. The average Bonchev–Trinajstić information content (AvgIpc) is 3.48. The highest BCUT2D eigenvalue weighted by Crippen LogP contribution is 2.30. The molecule has 4 aromatic rings. The number of carbonyl (C=O) groups is 1. The van der Waals surface area contributed by atoms with Crippen molar-refractivity contribution in [2.75, 3.05) is 13.6 Å². The van der Waals surface area contributed by atoms with Crippen molar-refractivity contribution >= 4 is 22.5 Å². The number of hydrazone groups is 1. The molecule has 3 aromatic carbocycles. The molecular formula is C28H28N4O. The predicted molar refractivity (Wildman–Crippen MR) is 133 cm³/mol. The fourth-order valence-electron chi connectivity index (χ4n) is 4.58. The largest absolute Gasteiger partial charge is 0.361 e. The zero-order valence-electron chi connectivity index (χ0n) is 19.0. The highest BCUT2D eigenvalue weighted by Gasteiger charge is 2.34. The van der Waals surface area contributed by atoms with E-state index in [1.807, 2.05) is 43.6 Å². The molecule has 2 N–H and O–H groups in total. The number of aromatic amines is 1. The van der Waals surface area contributed by atoms with Gasteiger partial charge in [-0.25, -0.2) is 5.01 Å². The quantitative estimate of drug-likeness (QED) is 0.463. The third-order valence-electron chi connectivity index (χ3n) is 6.46. The van der Waals surface area contributed by atoms with Crippen LogP contribution in [0.5, 0.6) is 0 Å². The summed E-state index contributed by atoms with van der Waals surface area (Å²) >= 11 is 0. The lowest BCUT2D eigenvalue weighted by Crippen LogP contribution is -2.44.